The van der Waals surface area contributed by atoms with Gasteiger partial charge in [0.15, 0.2) is 0 Å². The van der Waals surface area contributed by atoms with E-state index in [4.69, 9.17) is 14.6 Å². The normalized spacial score (nSPS) is 17.6. The molecule has 35 heavy (non-hydrogen) atoms. The zero-order valence-electron chi connectivity index (χ0n) is 19.2. The lowest BCUT2D eigenvalue weighted by Gasteiger charge is -2.36. The molecule has 5 rings (SSSR count). The second-order valence-corrected chi connectivity index (χ2v) is 9.82. The van der Waals surface area contributed by atoms with Gasteiger partial charge in [-0.15, -0.1) is 11.8 Å². The minimum atomic E-state index is -1.33. The molecule has 1 atom stereocenters. The summed E-state index contributed by atoms with van der Waals surface area (Å²) in [4.78, 5) is 15.8. The lowest BCUT2D eigenvalue weighted by molar-refractivity contribution is 0.144. The molecule has 6 nitrogen and oxygen atoms in total. The Morgan fingerprint density at radius 3 is 2.57 bits per heavy atom. The average molecular weight is 495 g/mol. The average Bonchev–Trinajstić information content (AvgIpc) is 3.02. The summed E-state index contributed by atoms with van der Waals surface area (Å²) in [5.41, 5.74) is 4.31. The van der Waals surface area contributed by atoms with E-state index in [1.165, 1.54) is 17.7 Å². The van der Waals surface area contributed by atoms with E-state index in [1.54, 1.807) is 18.2 Å². The Morgan fingerprint density at radius 2 is 1.80 bits per heavy atom. The molecular weight excluding hydrogens is 467 g/mol. The van der Waals surface area contributed by atoms with Gasteiger partial charge in [-0.2, -0.15) is 0 Å². The Balaban J connectivity index is 1.26. The molecule has 2 aliphatic rings. The fourth-order valence-corrected chi connectivity index (χ4v) is 6.01. The van der Waals surface area contributed by atoms with Crippen molar-refractivity contribution in [2.75, 3.05) is 43.4 Å². The molecular formula is C27H27FN2O4S. The number of piperazine rings is 1. The van der Waals surface area contributed by atoms with Crippen LogP contribution in [0.5, 0.6) is 11.5 Å². The standard InChI is InChI=1S/C27H27FN2O4S/c28-20-5-7-21(8-6-20)30-13-11-29(12-14-30)15-16-35-26-23-4-2-1-3-19(23)18-33-25-10-9-22(17-24(25)26)34-27(31)32/h1-10,17,26H,11-16,18H2,(H,31,32). The summed E-state index contributed by atoms with van der Waals surface area (Å²) in [6.45, 7) is 5.15. The van der Waals surface area contributed by atoms with E-state index in [0.717, 1.165) is 61.0 Å². The van der Waals surface area contributed by atoms with Crippen LogP contribution in [-0.2, 0) is 6.61 Å². The molecule has 1 N–H and O–H groups in total. The molecule has 1 fully saturated rings. The Hall–Kier alpha value is -3.23. The number of hydrogen-bond donors (Lipinski definition) is 1. The number of halogens is 1. The highest BCUT2D eigenvalue weighted by atomic mass is 32.2. The molecule has 8 heteroatoms. The summed E-state index contributed by atoms with van der Waals surface area (Å²) in [5.74, 6) is 1.75. The van der Waals surface area contributed by atoms with Crippen LogP contribution in [0, 0.1) is 5.82 Å². The highest BCUT2D eigenvalue weighted by molar-refractivity contribution is 7.99. The van der Waals surface area contributed by atoms with Crippen molar-refractivity contribution in [3.8, 4) is 11.5 Å². The van der Waals surface area contributed by atoms with Gasteiger partial charge in [-0.3, -0.25) is 4.90 Å². The van der Waals surface area contributed by atoms with Gasteiger partial charge >= 0.3 is 6.16 Å². The third-order valence-corrected chi connectivity index (χ3v) is 7.71. The number of thioether (sulfide) groups is 1. The SMILES string of the molecule is O=C(O)Oc1ccc2c(c1)C(SCCN1CCN(c3ccc(F)cc3)CC1)c1ccccc1CO2. The Morgan fingerprint density at radius 1 is 1.03 bits per heavy atom. The number of carboxylic acid groups (broad SMARTS) is 1. The van der Waals surface area contributed by atoms with Crippen molar-refractivity contribution >= 4 is 23.6 Å². The topological polar surface area (TPSA) is 62.2 Å². The number of anilines is 1. The van der Waals surface area contributed by atoms with Crippen molar-refractivity contribution in [1.82, 2.24) is 4.90 Å². The maximum Gasteiger partial charge on any atom is 0.511 e. The first kappa shape index (κ1) is 23.5. The molecule has 0 bridgehead atoms. The Bertz CT molecular complexity index is 1180. The highest BCUT2D eigenvalue weighted by Crippen LogP contribution is 2.45. The molecule has 3 aromatic rings. The summed E-state index contributed by atoms with van der Waals surface area (Å²) in [6, 6.07) is 20.2. The lowest BCUT2D eigenvalue weighted by Crippen LogP contribution is -2.47. The van der Waals surface area contributed by atoms with Gasteiger partial charge in [0.2, 0.25) is 0 Å². The predicted molar refractivity (Wildman–Crippen MR) is 135 cm³/mol. The number of fused-ring (bicyclic) bond motifs is 2. The molecule has 0 saturated carbocycles. The largest absolute Gasteiger partial charge is 0.511 e. The van der Waals surface area contributed by atoms with Gasteiger partial charge in [-0.25, -0.2) is 9.18 Å². The number of hydrogen-bond acceptors (Lipinski definition) is 6. The summed E-state index contributed by atoms with van der Waals surface area (Å²) in [6.07, 6.45) is -1.33. The van der Waals surface area contributed by atoms with Crippen LogP contribution in [0.1, 0.15) is 21.9 Å². The van der Waals surface area contributed by atoms with Crippen LogP contribution in [0.3, 0.4) is 0 Å². The molecule has 1 unspecified atom stereocenters. The van der Waals surface area contributed by atoms with Gasteiger partial charge in [0.1, 0.15) is 23.9 Å². The maximum atomic E-state index is 13.2. The zero-order chi connectivity index (χ0) is 24.2. The summed E-state index contributed by atoms with van der Waals surface area (Å²) in [5, 5.41) is 9.07. The summed E-state index contributed by atoms with van der Waals surface area (Å²) in [7, 11) is 0. The van der Waals surface area contributed by atoms with E-state index < -0.39 is 6.16 Å². The highest BCUT2D eigenvalue weighted by Gasteiger charge is 2.26. The molecule has 0 radical (unpaired) electrons. The molecule has 0 spiro atoms. The number of carbonyl (C=O) groups is 1. The molecule has 182 valence electrons. The van der Waals surface area contributed by atoms with Crippen molar-refractivity contribution in [2.45, 2.75) is 11.9 Å². The second-order valence-electron chi connectivity index (χ2n) is 8.61. The molecule has 3 aromatic carbocycles. The first-order valence-electron chi connectivity index (χ1n) is 11.7. The van der Waals surface area contributed by atoms with Crippen LogP contribution < -0.4 is 14.4 Å². The third kappa shape index (κ3) is 5.55. The van der Waals surface area contributed by atoms with Gasteiger partial charge < -0.3 is 19.5 Å². The van der Waals surface area contributed by atoms with Gasteiger partial charge in [-0.05, 0) is 53.6 Å². The van der Waals surface area contributed by atoms with E-state index in [0.29, 0.717) is 12.4 Å². The zero-order valence-corrected chi connectivity index (χ0v) is 20.0. The van der Waals surface area contributed by atoms with Crippen molar-refractivity contribution in [2.24, 2.45) is 0 Å². The molecule has 0 aromatic heterocycles. The second kappa shape index (κ2) is 10.6. The van der Waals surface area contributed by atoms with Crippen molar-refractivity contribution in [3.05, 3.63) is 89.2 Å². The van der Waals surface area contributed by atoms with Crippen molar-refractivity contribution < 1.29 is 23.8 Å². The molecule has 0 aliphatic carbocycles. The summed E-state index contributed by atoms with van der Waals surface area (Å²) < 4.78 is 24.2. The van der Waals surface area contributed by atoms with Crippen LogP contribution in [0.15, 0.2) is 66.7 Å². The van der Waals surface area contributed by atoms with Gasteiger partial charge in [-0.1, -0.05) is 24.3 Å². The fraction of sp³-hybridized carbons (Fsp3) is 0.296. The Labute approximate surface area is 208 Å². The minimum Gasteiger partial charge on any atom is -0.489 e. The number of benzene rings is 3. The quantitative estimate of drug-likeness (QED) is 0.363. The number of rotatable bonds is 6. The first-order chi connectivity index (χ1) is 17.1. The fourth-order valence-electron chi connectivity index (χ4n) is 4.63. The van der Waals surface area contributed by atoms with Crippen LogP contribution in [0.2, 0.25) is 0 Å². The lowest BCUT2D eigenvalue weighted by atomic mass is 10.00. The van der Waals surface area contributed by atoms with Crippen LogP contribution in [0.4, 0.5) is 14.9 Å². The van der Waals surface area contributed by atoms with Gasteiger partial charge in [0, 0.05) is 49.7 Å². The van der Waals surface area contributed by atoms with Crippen LogP contribution in [-0.4, -0.2) is 54.6 Å². The van der Waals surface area contributed by atoms with Crippen LogP contribution >= 0.6 is 11.8 Å². The van der Waals surface area contributed by atoms with E-state index in [1.807, 2.05) is 36.0 Å². The number of ether oxygens (including phenoxy) is 2. The van der Waals surface area contributed by atoms with E-state index in [2.05, 4.69) is 21.9 Å². The van der Waals surface area contributed by atoms with E-state index in [9.17, 15) is 9.18 Å². The molecule has 1 saturated heterocycles. The first-order valence-corrected chi connectivity index (χ1v) is 12.7. The molecule has 0 amide bonds. The smallest absolute Gasteiger partial charge is 0.489 e. The van der Waals surface area contributed by atoms with Crippen molar-refractivity contribution in [3.63, 3.8) is 0 Å². The minimum absolute atomic E-state index is 0.0153. The predicted octanol–water partition coefficient (Wildman–Crippen LogP) is 5.42. The molecule has 2 heterocycles. The van der Waals surface area contributed by atoms with Crippen molar-refractivity contribution in [1.29, 1.82) is 0 Å². The van der Waals surface area contributed by atoms with E-state index >= 15 is 0 Å². The molecule has 2 aliphatic heterocycles. The number of nitrogens with zero attached hydrogens (tertiary/aromatic N) is 2. The van der Waals surface area contributed by atoms with Gasteiger partial charge in [0.05, 0.1) is 5.25 Å². The Kier molecular flexibility index (Phi) is 7.11. The third-order valence-electron chi connectivity index (χ3n) is 6.45. The summed E-state index contributed by atoms with van der Waals surface area (Å²) >= 11 is 1.84. The maximum absolute atomic E-state index is 13.2. The van der Waals surface area contributed by atoms with Gasteiger partial charge in [0.25, 0.3) is 0 Å². The monoisotopic (exact) mass is 494 g/mol. The van der Waals surface area contributed by atoms with E-state index in [-0.39, 0.29) is 11.1 Å². The van der Waals surface area contributed by atoms with Crippen LogP contribution in [0.25, 0.3) is 0 Å².